The average Bonchev–Trinajstić information content (AvgIpc) is 2.32. The number of rotatable bonds is 0. The van der Waals surface area contributed by atoms with Gasteiger partial charge in [0.05, 0.1) is 6.04 Å². The third-order valence-corrected chi connectivity index (χ3v) is 1.83. The molecule has 1 aliphatic rings. The van der Waals surface area contributed by atoms with Crippen LogP contribution in [0.1, 0.15) is 17.3 Å². The van der Waals surface area contributed by atoms with Gasteiger partial charge in [0.25, 0.3) is 0 Å². The molecular weight excluding hydrogens is 140 g/mol. The highest BCUT2D eigenvalue weighted by Crippen LogP contribution is 2.28. The Labute approximate surface area is 65.2 Å². The van der Waals surface area contributed by atoms with Gasteiger partial charge in [-0.3, -0.25) is 0 Å². The first-order valence-corrected chi connectivity index (χ1v) is 3.63. The predicted octanol–water partition coefficient (Wildman–Crippen LogP) is 0.782. The predicted molar refractivity (Wildman–Crippen MR) is 41.4 cm³/mol. The van der Waals surface area contributed by atoms with Gasteiger partial charge in [-0.05, 0) is 13.0 Å². The largest absolute Gasteiger partial charge is 0.475 e. The zero-order valence-electron chi connectivity index (χ0n) is 6.37. The van der Waals surface area contributed by atoms with Crippen molar-refractivity contribution < 1.29 is 4.74 Å². The van der Waals surface area contributed by atoms with Crippen LogP contribution in [0.5, 0.6) is 5.88 Å². The Hall–Kier alpha value is -1.09. The third-order valence-electron chi connectivity index (χ3n) is 1.83. The number of pyridine rings is 1. The summed E-state index contributed by atoms with van der Waals surface area (Å²) in [4.78, 5) is 4.20. The van der Waals surface area contributed by atoms with Crippen molar-refractivity contribution in [2.24, 2.45) is 5.73 Å². The SMILES string of the molecule is Cc1ccc2c(n1)OCC2N. The van der Waals surface area contributed by atoms with Crippen LogP contribution in [0.2, 0.25) is 0 Å². The van der Waals surface area contributed by atoms with Gasteiger partial charge in [-0.2, -0.15) is 0 Å². The Morgan fingerprint density at radius 3 is 3.27 bits per heavy atom. The van der Waals surface area contributed by atoms with Gasteiger partial charge in [0.1, 0.15) is 6.61 Å². The minimum absolute atomic E-state index is 0.0121. The summed E-state index contributed by atoms with van der Waals surface area (Å²) in [7, 11) is 0. The fraction of sp³-hybridized carbons (Fsp3) is 0.375. The zero-order chi connectivity index (χ0) is 7.84. The molecule has 0 aliphatic carbocycles. The zero-order valence-corrected chi connectivity index (χ0v) is 6.37. The maximum absolute atomic E-state index is 5.73. The van der Waals surface area contributed by atoms with Crippen molar-refractivity contribution in [2.75, 3.05) is 6.61 Å². The van der Waals surface area contributed by atoms with E-state index in [-0.39, 0.29) is 6.04 Å². The molecule has 1 aromatic rings. The van der Waals surface area contributed by atoms with Gasteiger partial charge in [0.15, 0.2) is 0 Å². The number of nitrogens with zero attached hydrogens (tertiary/aromatic N) is 1. The second-order valence-corrected chi connectivity index (χ2v) is 2.76. The van der Waals surface area contributed by atoms with Crippen molar-refractivity contribution in [1.82, 2.24) is 4.98 Å². The van der Waals surface area contributed by atoms with E-state index >= 15 is 0 Å². The van der Waals surface area contributed by atoms with Crippen LogP contribution in [0.4, 0.5) is 0 Å². The van der Waals surface area contributed by atoms with Crippen LogP contribution in [0, 0.1) is 6.92 Å². The normalized spacial score (nSPS) is 21.1. The van der Waals surface area contributed by atoms with E-state index in [1.54, 1.807) is 0 Å². The number of hydrogen-bond donors (Lipinski definition) is 1. The molecule has 1 atom stereocenters. The van der Waals surface area contributed by atoms with Crippen molar-refractivity contribution in [3.63, 3.8) is 0 Å². The minimum atomic E-state index is 0.0121. The van der Waals surface area contributed by atoms with Crippen molar-refractivity contribution >= 4 is 0 Å². The minimum Gasteiger partial charge on any atom is -0.475 e. The van der Waals surface area contributed by atoms with Crippen LogP contribution in [0.3, 0.4) is 0 Å². The maximum Gasteiger partial charge on any atom is 0.218 e. The van der Waals surface area contributed by atoms with E-state index in [0.717, 1.165) is 11.3 Å². The van der Waals surface area contributed by atoms with Gasteiger partial charge in [0.2, 0.25) is 5.88 Å². The van der Waals surface area contributed by atoms with E-state index in [1.165, 1.54) is 0 Å². The summed E-state index contributed by atoms with van der Waals surface area (Å²) in [6.07, 6.45) is 0. The highest BCUT2D eigenvalue weighted by atomic mass is 16.5. The second-order valence-electron chi connectivity index (χ2n) is 2.76. The van der Waals surface area contributed by atoms with Crippen LogP contribution in [0.25, 0.3) is 0 Å². The number of aryl methyl sites for hydroxylation is 1. The van der Waals surface area contributed by atoms with E-state index in [0.29, 0.717) is 12.5 Å². The summed E-state index contributed by atoms with van der Waals surface area (Å²) in [5.74, 6) is 0.706. The summed E-state index contributed by atoms with van der Waals surface area (Å²) in [6.45, 7) is 2.50. The van der Waals surface area contributed by atoms with Gasteiger partial charge < -0.3 is 10.5 Å². The second kappa shape index (κ2) is 2.20. The first-order chi connectivity index (χ1) is 5.27. The lowest BCUT2D eigenvalue weighted by Gasteiger charge is -1.98. The molecule has 0 fully saturated rings. The monoisotopic (exact) mass is 150 g/mol. The molecule has 2 rings (SSSR count). The molecule has 0 spiro atoms. The first-order valence-electron chi connectivity index (χ1n) is 3.63. The highest BCUT2D eigenvalue weighted by molar-refractivity contribution is 5.34. The molecule has 3 nitrogen and oxygen atoms in total. The van der Waals surface area contributed by atoms with Crippen LogP contribution in [-0.2, 0) is 0 Å². The molecule has 0 saturated heterocycles. The van der Waals surface area contributed by atoms with E-state index in [4.69, 9.17) is 10.5 Å². The van der Waals surface area contributed by atoms with Crippen LogP contribution >= 0.6 is 0 Å². The highest BCUT2D eigenvalue weighted by Gasteiger charge is 2.21. The van der Waals surface area contributed by atoms with Crippen molar-refractivity contribution in [1.29, 1.82) is 0 Å². The van der Waals surface area contributed by atoms with Gasteiger partial charge in [-0.15, -0.1) is 0 Å². The quantitative estimate of drug-likeness (QED) is 0.594. The molecule has 1 aliphatic heterocycles. The Bertz CT molecular complexity index is 285. The first kappa shape index (κ1) is 6.61. The van der Waals surface area contributed by atoms with Gasteiger partial charge in [0, 0.05) is 11.3 Å². The molecule has 2 N–H and O–H groups in total. The topological polar surface area (TPSA) is 48.1 Å². The molecule has 11 heavy (non-hydrogen) atoms. The number of fused-ring (bicyclic) bond motifs is 1. The van der Waals surface area contributed by atoms with E-state index in [9.17, 15) is 0 Å². The van der Waals surface area contributed by atoms with Gasteiger partial charge >= 0.3 is 0 Å². The van der Waals surface area contributed by atoms with Gasteiger partial charge in [-0.1, -0.05) is 6.07 Å². The summed E-state index contributed by atoms with van der Waals surface area (Å²) < 4.78 is 5.26. The Morgan fingerprint density at radius 2 is 2.45 bits per heavy atom. The van der Waals surface area contributed by atoms with Crippen molar-refractivity contribution in [3.8, 4) is 5.88 Å². The molecule has 58 valence electrons. The average molecular weight is 150 g/mol. The number of aromatic nitrogens is 1. The number of hydrogen-bond acceptors (Lipinski definition) is 3. The Kier molecular flexibility index (Phi) is 1.32. The smallest absolute Gasteiger partial charge is 0.218 e. The van der Waals surface area contributed by atoms with E-state index in [1.807, 2.05) is 19.1 Å². The molecule has 0 bridgehead atoms. The third kappa shape index (κ3) is 0.973. The summed E-state index contributed by atoms with van der Waals surface area (Å²) in [5.41, 5.74) is 7.73. The molecule has 3 heteroatoms. The summed E-state index contributed by atoms with van der Waals surface area (Å²) >= 11 is 0. The molecule has 0 radical (unpaired) electrons. The van der Waals surface area contributed by atoms with Crippen LogP contribution in [-0.4, -0.2) is 11.6 Å². The standard InChI is InChI=1S/C8H10N2O/c1-5-2-3-6-7(9)4-11-8(6)10-5/h2-3,7H,4,9H2,1H3. The fourth-order valence-corrected chi connectivity index (χ4v) is 1.20. The molecule has 1 aromatic heterocycles. The van der Waals surface area contributed by atoms with E-state index in [2.05, 4.69) is 4.98 Å². The van der Waals surface area contributed by atoms with Crippen molar-refractivity contribution in [2.45, 2.75) is 13.0 Å². The van der Waals surface area contributed by atoms with Crippen LogP contribution < -0.4 is 10.5 Å². The lowest BCUT2D eigenvalue weighted by molar-refractivity contribution is 0.323. The lowest BCUT2D eigenvalue weighted by Crippen LogP contribution is -2.10. The molecular formula is C8H10N2O. The Morgan fingerprint density at radius 1 is 1.64 bits per heavy atom. The fourth-order valence-electron chi connectivity index (χ4n) is 1.20. The summed E-state index contributed by atoms with van der Waals surface area (Å²) in [6, 6.07) is 3.95. The van der Waals surface area contributed by atoms with E-state index < -0.39 is 0 Å². The Balaban J connectivity index is 2.50. The lowest BCUT2D eigenvalue weighted by atomic mass is 10.1. The van der Waals surface area contributed by atoms with Crippen molar-refractivity contribution in [3.05, 3.63) is 23.4 Å². The van der Waals surface area contributed by atoms with Gasteiger partial charge in [-0.25, -0.2) is 4.98 Å². The molecule has 0 amide bonds. The maximum atomic E-state index is 5.73. The molecule has 0 aromatic carbocycles. The molecule has 0 saturated carbocycles. The molecule has 2 heterocycles. The van der Waals surface area contributed by atoms with Crippen LogP contribution in [0.15, 0.2) is 12.1 Å². The molecule has 1 unspecified atom stereocenters. The number of ether oxygens (including phenoxy) is 1. The number of nitrogens with two attached hydrogens (primary N) is 1. The summed E-state index contributed by atoms with van der Waals surface area (Å²) in [5, 5.41) is 0.